The van der Waals surface area contributed by atoms with Gasteiger partial charge in [0.25, 0.3) is 11.2 Å². The molecule has 0 amide bonds. The van der Waals surface area contributed by atoms with E-state index in [2.05, 4.69) is 4.98 Å². The average Bonchev–Trinajstić information content (AvgIpc) is 2.47. The number of benzene rings is 1. The number of fused-ring (bicyclic) bond motifs is 1. The maximum absolute atomic E-state index is 12.0. The van der Waals surface area contributed by atoms with E-state index < -0.39 is 4.92 Å². The summed E-state index contributed by atoms with van der Waals surface area (Å²) in [6.45, 7) is 0. The lowest BCUT2D eigenvalue weighted by Crippen LogP contribution is -2.29. The van der Waals surface area contributed by atoms with Crippen molar-refractivity contribution in [1.82, 2.24) is 4.98 Å². The van der Waals surface area contributed by atoms with Crippen LogP contribution >= 0.6 is 0 Å². The fourth-order valence-electron chi connectivity index (χ4n) is 2.03. The highest BCUT2D eigenvalue weighted by Gasteiger charge is 2.11. The zero-order valence-corrected chi connectivity index (χ0v) is 10.3. The molecule has 0 radical (unpaired) electrons. The Labute approximate surface area is 113 Å². The molecule has 0 atom stereocenters. The second kappa shape index (κ2) is 4.58. The molecule has 6 heteroatoms. The van der Waals surface area contributed by atoms with Crippen LogP contribution in [0.15, 0.2) is 59.7 Å². The Balaban J connectivity index is 2.14. The van der Waals surface area contributed by atoms with E-state index in [1.165, 1.54) is 12.1 Å². The van der Waals surface area contributed by atoms with Crippen molar-refractivity contribution in [2.45, 2.75) is 0 Å². The number of rotatable bonds is 2. The van der Waals surface area contributed by atoms with E-state index in [0.717, 1.165) is 0 Å². The number of nitrogens with one attached hydrogen (secondary N) is 1. The van der Waals surface area contributed by atoms with E-state index >= 15 is 0 Å². The predicted molar refractivity (Wildman–Crippen MR) is 72.3 cm³/mol. The van der Waals surface area contributed by atoms with Gasteiger partial charge in [0.05, 0.1) is 4.92 Å². The largest absolute Gasteiger partial charge is 0.321 e. The Morgan fingerprint density at radius 2 is 1.85 bits per heavy atom. The quantitative estimate of drug-likeness (QED) is 0.436. The molecule has 0 fully saturated rings. The monoisotopic (exact) mass is 268 g/mol. The third-order valence-corrected chi connectivity index (χ3v) is 3.03. The second-order valence-corrected chi connectivity index (χ2v) is 4.29. The summed E-state index contributed by atoms with van der Waals surface area (Å²) in [5.74, 6) is 0. The number of hydrogen-bond donors (Lipinski definition) is 1. The van der Waals surface area contributed by atoms with Gasteiger partial charge < -0.3 is 4.98 Å². The van der Waals surface area contributed by atoms with Gasteiger partial charge in [-0.3, -0.25) is 14.9 Å². The van der Waals surface area contributed by atoms with Crippen molar-refractivity contribution < 1.29 is 9.32 Å². The smallest absolute Gasteiger partial charge is 0.311 e. The van der Waals surface area contributed by atoms with E-state index in [9.17, 15) is 14.9 Å². The summed E-state index contributed by atoms with van der Waals surface area (Å²) in [4.78, 5) is 24.9. The van der Waals surface area contributed by atoms with Crippen LogP contribution in [0.1, 0.15) is 0 Å². The van der Waals surface area contributed by atoms with Crippen molar-refractivity contribution in [3.05, 3.63) is 75.3 Å². The number of non-ortho nitro benzene ring substituents is 1. The Bertz CT molecular complexity index is 853. The first-order valence-corrected chi connectivity index (χ1v) is 5.93. The molecule has 2 heterocycles. The van der Waals surface area contributed by atoms with E-state index in [-0.39, 0.29) is 11.2 Å². The molecule has 0 aliphatic rings. The molecule has 0 aliphatic carbocycles. The molecule has 0 unspecified atom stereocenters. The molecule has 1 aromatic carbocycles. The first-order chi connectivity index (χ1) is 9.65. The van der Waals surface area contributed by atoms with Gasteiger partial charge in [-0.1, -0.05) is 0 Å². The number of pyridine rings is 1. The summed E-state index contributed by atoms with van der Waals surface area (Å²) < 4.78 is 1.72. The number of H-pyrrole nitrogens is 1. The van der Waals surface area contributed by atoms with Gasteiger partial charge in [-0.25, -0.2) is 0 Å². The van der Waals surface area contributed by atoms with Crippen molar-refractivity contribution in [2.24, 2.45) is 0 Å². The summed E-state index contributed by atoms with van der Waals surface area (Å²) in [6, 6.07) is 11.4. The molecule has 2 aromatic heterocycles. The van der Waals surface area contributed by atoms with Crippen LogP contribution < -0.4 is 9.96 Å². The fraction of sp³-hybridized carbons (Fsp3) is 0. The van der Waals surface area contributed by atoms with E-state index in [1.807, 2.05) is 6.07 Å². The number of nitro benzene ring substituents is 1. The third kappa shape index (κ3) is 2.03. The van der Waals surface area contributed by atoms with Crippen molar-refractivity contribution in [3.8, 4) is 11.3 Å². The molecule has 0 spiro atoms. The van der Waals surface area contributed by atoms with Gasteiger partial charge in [0.15, 0.2) is 12.4 Å². The minimum Gasteiger partial charge on any atom is -0.311 e. The van der Waals surface area contributed by atoms with Crippen molar-refractivity contribution >= 4 is 11.2 Å². The SMILES string of the molecule is O=c1[nH]c(-c2ccc([N+](=O)[O-])cc2)c[n+]2ccccc12. The molecular weight excluding hydrogens is 258 g/mol. The Hall–Kier alpha value is -3.02. The Kier molecular flexibility index (Phi) is 2.76. The zero-order chi connectivity index (χ0) is 14.1. The first kappa shape index (κ1) is 12.0. The van der Waals surface area contributed by atoms with Gasteiger partial charge in [-0.2, -0.15) is 4.40 Å². The zero-order valence-electron chi connectivity index (χ0n) is 10.3. The van der Waals surface area contributed by atoms with Crippen molar-refractivity contribution in [3.63, 3.8) is 0 Å². The lowest BCUT2D eigenvalue weighted by atomic mass is 10.1. The Morgan fingerprint density at radius 3 is 2.55 bits per heavy atom. The van der Waals surface area contributed by atoms with Crippen LogP contribution in [0.4, 0.5) is 5.69 Å². The molecule has 0 aliphatic heterocycles. The molecule has 0 saturated carbocycles. The number of nitrogens with zero attached hydrogens (tertiary/aromatic N) is 2. The number of nitro groups is 1. The van der Waals surface area contributed by atoms with E-state index in [1.54, 1.807) is 41.1 Å². The highest BCUT2D eigenvalue weighted by atomic mass is 16.6. The summed E-state index contributed by atoms with van der Waals surface area (Å²) in [5, 5.41) is 10.6. The summed E-state index contributed by atoms with van der Waals surface area (Å²) in [7, 11) is 0. The highest BCUT2D eigenvalue weighted by Crippen LogP contribution is 2.18. The molecule has 6 nitrogen and oxygen atoms in total. The number of aromatic amines is 1. The molecule has 3 rings (SSSR count). The van der Waals surface area contributed by atoms with Gasteiger partial charge in [0.2, 0.25) is 0 Å². The average molecular weight is 268 g/mol. The van der Waals surface area contributed by atoms with E-state index in [0.29, 0.717) is 16.8 Å². The standard InChI is InChI=1S/C14H9N3O3/c18-14-13-3-1-2-8-16(13)9-12(15-14)10-4-6-11(7-5-10)17(19)20/h1-9H/p+1. The third-order valence-electron chi connectivity index (χ3n) is 3.03. The molecule has 0 saturated heterocycles. The molecule has 20 heavy (non-hydrogen) atoms. The molecule has 0 bridgehead atoms. The fourth-order valence-corrected chi connectivity index (χ4v) is 2.03. The van der Waals surface area contributed by atoms with Crippen LogP contribution in [-0.4, -0.2) is 9.91 Å². The Morgan fingerprint density at radius 1 is 1.10 bits per heavy atom. The van der Waals surface area contributed by atoms with Gasteiger partial charge in [0, 0.05) is 29.8 Å². The van der Waals surface area contributed by atoms with Crippen LogP contribution in [0.25, 0.3) is 16.8 Å². The normalized spacial score (nSPS) is 10.6. The predicted octanol–water partition coefficient (Wildman–Crippen LogP) is 1.69. The molecule has 3 aromatic rings. The maximum atomic E-state index is 12.0. The minimum atomic E-state index is -0.457. The number of aromatic nitrogens is 2. The summed E-state index contributed by atoms with van der Waals surface area (Å²) in [6.07, 6.45) is 3.55. The highest BCUT2D eigenvalue weighted by molar-refractivity contribution is 5.60. The second-order valence-electron chi connectivity index (χ2n) is 4.29. The van der Waals surface area contributed by atoms with Crippen LogP contribution in [0.3, 0.4) is 0 Å². The van der Waals surface area contributed by atoms with Crippen molar-refractivity contribution in [1.29, 1.82) is 0 Å². The van der Waals surface area contributed by atoms with Crippen molar-refractivity contribution in [2.75, 3.05) is 0 Å². The van der Waals surface area contributed by atoms with Crippen LogP contribution in [0, 0.1) is 10.1 Å². The minimum absolute atomic E-state index is 0.0181. The van der Waals surface area contributed by atoms with Gasteiger partial charge in [-0.15, -0.1) is 0 Å². The van der Waals surface area contributed by atoms with Crippen LogP contribution in [-0.2, 0) is 0 Å². The van der Waals surface area contributed by atoms with Gasteiger partial charge in [0.1, 0.15) is 5.69 Å². The lowest BCUT2D eigenvalue weighted by Gasteiger charge is -1.99. The lowest BCUT2D eigenvalue weighted by molar-refractivity contribution is -0.512. The molecule has 1 N–H and O–H groups in total. The summed E-state index contributed by atoms with van der Waals surface area (Å²) in [5.41, 5.74) is 1.67. The first-order valence-electron chi connectivity index (χ1n) is 5.93. The number of hydrogen-bond acceptors (Lipinski definition) is 3. The van der Waals surface area contributed by atoms with Gasteiger partial charge in [-0.05, 0) is 18.2 Å². The van der Waals surface area contributed by atoms with Crippen LogP contribution in [0.5, 0.6) is 0 Å². The van der Waals surface area contributed by atoms with Crippen LogP contribution in [0.2, 0.25) is 0 Å². The molecular formula is C14H10N3O3+. The summed E-state index contributed by atoms with van der Waals surface area (Å²) >= 11 is 0. The van der Waals surface area contributed by atoms with Gasteiger partial charge >= 0.3 is 5.56 Å². The topological polar surface area (TPSA) is 80.1 Å². The maximum Gasteiger partial charge on any atom is 0.321 e. The van der Waals surface area contributed by atoms with E-state index in [4.69, 9.17) is 0 Å². The molecule has 98 valence electrons.